The van der Waals surface area contributed by atoms with Crippen LogP contribution in [0.3, 0.4) is 0 Å². The van der Waals surface area contributed by atoms with Gasteiger partial charge in [0.25, 0.3) is 0 Å². The average molecular weight is 266 g/mol. The first-order valence-corrected chi connectivity index (χ1v) is 6.55. The lowest BCUT2D eigenvalue weighted by molar-refractivity contribution is -0.137. The first-order valence-electron chi connectivity index (χ1n) is 6.55. The van der Waals surface area contributed by atoms with Crippen LogP contribution in [0.5, 0.6) is 0 Å². The fourth-order valence-electron chi connectivity index (χ4n) is 2.47. The van der Waals surface area contributed by atoms with Gasteiger partial charge in [0.2, 0.25) is 0 Å². The third kappa shape index (κ3) is 3.36. The van der Waals surface area contributed by atoms with Crippen molar-refractivity contribution in [3.8, 4) is 0 Å². The third-order valence-electron chi connectivity index (χ3n) is 3.43. The highest BCUT2D eigenvalue weighted by Gasteiger charge is 2.18. The highest BCUT2D eigenvalue weighted by Crippen LogP contribution is 2.32. The molecule has 0 unspecified atom stereocenters. The molecule has 0 bridgehead atoms. The molecule has 19 heavy (non-hydrogen) atoms. The van der Waals surface area contributed by atoms with Crippen LogP contribution in [0.25, 0.3) is 0 Å². The number of benzene rings is 1. The van der Waals surface area contributed by atoms with Gasteiger partial charge >= 0.3 is 5.97 Å². The van der Waals surface area contributed by atoms with Gasteiger partial charge in [0.05, 0.1) is 11.4 Å². The molecule has 0 amide bonds. The molecule has 1 N–H and O–H groups in total. The summed E-state index contributed by atoms with van der Waals surface area (Å²) in [7, 11) is 2.00. The van der Waals surface area contributed by atoms with E-state index < -0.39 is 5.97 Å². The molecule has 0 saturated heterocycles. The Morgan fingerprint density at radius 2 is 2.16 bits per heavy atom. The predicted octanol–water partition coefficient (Wildman–Crippen LogP) is 2.34. The molecule has 0 aliphatic carbocycles. The first kappa shape index (κ1) is 13.6. The number of carbonyl (C=O) groups is 1. The van der Waals surface area contributed by atoms with E-state index in [-0.39, 0.29) is 12.2 Å². The van der Waals surface area contributed by atoms with E-state index in [1.165, 1.54) is 12.1 Å². The van der Waals surface area contributed by atoms with Gasteiger partial charge in [0, 0.05) is 33.1 Å². The van der Waals surface area contributed by atoms with E-state index in [0.717, 1.165) is 30.9 Å². The molecule has 0 radical (unpaired) electrons. The van der Waals surface area contributed by atoms with Crippen LogP contribution in [0.4, 0.5) is 15.8 Å². The smallest absolute Gasteiger partial charge is 0.303 e. The van der Waals surface area contributed by atoms with Gasteiger partial charge in [-0.25, -0.2) is 4.39 Å². The van der Waals surface area contributed by atoms with Gasteiger partial charge in [-0.15, -0.1) is 0 Å². The van der Waals surface area contributed by atoms with Crippen LogP contribution in [-0.4, -0.2) is 37.8 Å². The molecular weight excluding hydrogens is 247 g/mol. The van der Waals surface area contributed by atoms with Crippen molar-refractivity contribution in [2.75, 3.05) is 36.5 Å². The minimum absolute atomic E-state index is 0.150. The second-order valence-electron chi connectivity index (χ2n) is 4.89. The number of halogens is 1. The molecule has 0 atom stereocenters. The zero-order valence-corrected chi connectivity index (χ0v) is 11.1. The molecular formula is C14H19FN2O2. The second kappa shape index (κ2) is 5.91. The lowest BCUT2D eigenvalue weighted by atomic mass is 10.2. The molecule has 2 rings (SSSR count). The summed E-state index contributed by atoms with van der Waals surface area (Å²) in [6, 6.07) is 4.80. The Morgan fingerprint density at radius 1 is 1.37 bits per heavy atom. The lowest BCUT2D eigenvalue weighted by Gasteiger charge is -2.25. The van der Waals surface area contributed by atoms with Crippen LogP contribution < -0.4 is 9.80 Å². The van der Waals surface area contributed by atoms with Crippen LogP contribution in [0.2, 0.25) is 0 Å². The SMILES string of the molecule is CN1CCCN(CCCC(=O)O)c2cc(F)ccc21. The Bertz CT molecular complexity index is 465. The molecule has 104 valence electrons. The molecule has 0 saturated carbocycles. The predicted molar refractivity (Wildman–Crippen MR) is 73.4 cm³/mol. The average Bonchev–Trinajstić information content (AvgIpc) is 2.49. The van der Waals surface area contributed by atoms with E-state index >= 15 is 0 Å². The van der Waals surface area contributed by atoms with Gasteiger partial charge in [0.1, 0.15) is 5.82 Å². The Hall–Kier alpha value is -1.78. The lowest BCUT2D eigenvalue weighted by Crippen LogP contribution is -2.25. The summed E-state index contributed by atoms with van der Waals surface area (Å²) in [5, 5.41) is 8.69. The van der Waals surface area contributed by atoms with Crippen LogP contribution in [0.15, 0.2) is 18.2 Å². The summed E-state index contributed by atoms with van der Waals surface area (Å²) in [6.45, 7) is 2.41. The van der Waals surface area contributed by atoms with E-state index in [2.05, 4.69) is 9.80 Å². The van der Waals surface area contributed by atoms with Crippen molar-refractivity contribution in [3.63, 3.8) is 0 Å². The van der Waals surface area contributed by atoms with Crippen molar-refractivity contribution in [2.45, 2.75) is 19.3 Å². The number of carboxylic acid groups (broad SMARTS) is 1. The summed E-state index contributed by atoms with van der Waals surface area (Å²) in [4.78, 5) is 14.8. The van der Waals surface area contributed by atoms with Crippen LogP contribution in [0, 0.1) is 5.82 Å². The first-order chi connectivity index (χ1) is 9.08. The van der Waals surface area contributed by atoms with Crippen molar-refractivity contribution < 1.29 is 14.3 Å². The molecule has 4 nitrogen and oxygen atoms in total. The van der Waals surface area contributed by atoms with Crippen molar-refractivity contribution >= 4 is 17.3 Å². The van der Waals surface area contributed by atoms with Gasteiger partial charge in [0.15, 0.2) is 0 Å². The minimum atomic E-state index is -0.786. The standard InChI is InChI=1S/C14H19FN2O2/c1-16-7-3-9-17(8-2-4-14(18)19)13-10-11(15)5-6-12(13)16/h5-6,10H,2-4,7-9H2,1H3,(H,18,19). The number of fused-ring (bicyclic) bond motifs is 1. The molecule has 1 aromatic carbocycles. The van der Waals surface area contributed by atoms with E-state index in [4.69, 9.17) is 5.11 Å². The monoisotopic (exact) mass is 266 g/mol. The maximum Gasteiger partial charge on any atom is 0.303 e. The zero-order chi connectivity index (χ0) is 13.8. The fraction of sp³-hybridized carbons (Fsp3) is 0.500. The largest absolute Gasteiger partial charge is 0.481 e. The number of rotatable bonds is 4. The molecule has 1 aromatic rings. The van der Waals surface area contributed by atoms with Gasteiger partial charge in [-0.1, -0.05) is 0 Å². The Morgan fingerprint density at radius 3 is 2.89 bits per heavy atom. The number of hydrogen-bond acceptors (Lipinski definition) is 3. The van der Waals surface area contributed by atoms with Crippen LogP contribution >= 0.6 is 0 Å². The molecule has 0 fully saturated rings. The van der Waals surface area contributed by atoms with Crippen LogP contribution in [0.1, 0.15) is 19.3 Å². The van der Waals surface area contributed by atoms with E-state index in [1.54, 1.807) is 6.07 Å². The van der Waals surface area contributed by atoms with Crippen LogP contribution in [-0.2, 0) is 4.79 Å². The second-order valence-corrected chi connectivity index (χ2v) is 4.89. The van der Waals surface area contributed by atoms with Gasteiger partial charge < -0.3 is 14.9 Å². The fourth-order valence-corrected chi connectivity index (χ4v) is 2.47. The quantitative estimate of drug-likeness (QED) is 0.908. The normalized spacial score (nSPS) is 15.1. The topological polar surface area (TPSA) is 43.8 Å². The molecule has 0 spiro atoms. The van der Waals surface area contributed by atoms with E-state index in [0.29, 0.717) is 13.0 Å². The number of hydrogen-bond donors (Lipinski definition) is 1. The maximum absolute atomic E-state index is 13.4. The van der Waals surface area contributed by atoms with Gasteiger partial charge in [-0.2, -0.15) is 0 Å². The van der Waals surface area contributed by atoms with E-state index in [1.807, 2.05) is 7.05 Å². The third-order valence-corrected chi connectivity index (χ3v) is 3.43. The van der Waals surface area contributed by atoms with Crippen molar-refractivity contribution in [1.82, 2.24) is 0 Å². The van der Waals surface area contributed by atoms with Gasteiger partial charge in [-0.3, -0.25) is 4.79 Å². The Balaban J connectivity index is 2.17. The molecule has 1 aliphatic rings. The number of anilines is 2. The molecule has 5 heteroatoms. The maximum atomic E-state index is 13.4. The van der Waals surface area contributed by atoms with Crippen molar-refractivity contribution in [3.05, 3.63) is 24.0 Å². The molecule has 0 aromatic heterocycles. The summed E-state index contributed by atoms with van der Waals surface area (Å²) in [5.74, 6) is -1.04. The van der Waals surface area contributed by atoms with E-state index in [9.17, 15) is 9.18 Å². The summed E-state index contributed by atoms with van der Waals surface area (Å²) in [5.41, 5.74) is 1.87. The summed E-state index contributed by atoms with van der Waals surface area (Å²) < 4.78 is 13.4. The Labute approximate surface area is 112 Å². The van der Waals surface area contributed by atoms with Crippen molar-refractivity contribution in [2.24, 2.45) is 0 Å². The molecule has 1 heterocycles. The van der Waals surface area contributed by atoms with Gasteiger partial charge in [-0.05, 0) is 31.0 Å². The zero-order valence-electron chi connectivity index (χ0n) is 11.1. The minimum Gasteiger partial charge on any atom is -0.481 e. The summed E-state index contributed by atoms with van der Waals surface area (Å²) >= 11 is 0. The highest BCUT2D eigenvalue weighted by molar-refractivity contribution is 5.72. The Kier molecular flexibility index (Phi) is 4.24. The summed E-state index contributed by atoms with van der Waals surface area (Å²) in [6.07, 6.45) is 1.71. The number of aliphatic carboxylic acids is 1. The van der Waals surface area contributed by atoms with Crippen molar-refractivity contribution in [1.29, 1.82) is 0 Å². The molecule has 1 aliphatic heterocycles. The number of carboxylic acids is 1. The highest BCUT2D eigenvalue weighted by atomic mass is 19.1. The number of nitrogens with zero attached hydrogens (tertiary/aromatic N) is 2.